The molecule has 0 aliphatic heterocycles. The van der Waals surface area contributed by atoms with E-state index in [1.165, 1.54) is 34.4 Å². The number of hydrogen-bond donors (Lipinski definition) is 0. The van der Waals surface area contributed by atoms with Gasteiger partial charge in [-0.05, 0) is 44.0 Å². The van der Waals surface area contributed by atoms with Crippen molar-refractivity contribution in [2.75, 3.05) is 13.7 Å². The van der Waals surface area contributed by atoms with Crippen LogP contribution in [-0.2, 0) is 17.8 Å². The van der Waals surface area contributed by atoms with Crippen molar-refractivity contribution >= 4 is 27.3 Å². The van der Waals surface area contributed by atoms with Crippen molar-refractivity contribution in [3.05, 3.63) is 75.2 Å². The summed E-state index contributed by atoms with van der Waals surface area (Å²) in [6, 6.07) is 7.86. The van der Waals surface area contributed by atoms with E-state index in [0.717, 1.165) is 29.9 Å². The van der Waals surface area contributed by atoms with Gasteiger partial charge in [-0.3, -0.25) is 14.2 Å². The average molecular weight is 454 g/mol. The van der Waals surface area contributed by atoms with Gasteiger partial charge in [0, 0.05) is 48.2 Å². The van der Waals surface area contributed by atoms with Gasteiger partial charge in [-0.25, -0.2) is 9.37 Å². The maximum atomic E-state index is 13.3. The van der Waals surface area contributed by atoms with Gasteiger partial charge < -0.3 is 9.30 Å². The number of fused-ring (bicyclic) bond motifs is 1. The van der Waals surface area contributed by atoms with Gasteiger partial charge in [-0.15, -0.1) is 11.3 Å². The van der Waals surface area contributed by atoms with Crippen LogP contribution in [0.15, 0.2) is 46.8 Å². The Labute approximate surface area is 188 Å². The predicted molar refractivity (Wildman–Crippen MR) is 124 cm³/mol. The van der Waals surface area contributed by atoms with Crippen LogP contribution in [0, 0.1) is 19.7 Å². The van der Waals surface area contributed by atoms with Crippen molar-refractivity contribution in [1.82, 2.24) is 14.1 Å². The molecule has 3 aromatic heterocycles. The predicted octanol–water partition coefficient (Wildman–Crippen LogP) is 4.60. The van der Waals surface area contributed by atoms with E-state index >= 15 is 0 Å². The molecule has 0 aliphatic rings. The second-order valence-electron chi connectivity index (χ2n) is 7.72. The van der Waals surface area contributed by atoms with E-state index < -0.39 is 0 Å². The molecule has 1 aromatic carbocycles. The summed E-state index contributed by atoms with van der Waals surface area (Å²) in [5.41, 5.74) is 3.64. The van der Waals surface area contributed by atoms with Crippen LogP contribution in [0.5, 0.6) is 0 Å². The fraction of sp³-hybridized carbons (Fsp3) is 0.292. The van der Waals surface area contributed by atoms with Crippen molar-refractivity contribution in [3.63, 3.8) is 0 Å². The zero-order valence-corrected chi connectivity index (χ0v) is 19.0. The Balaban J connectivity index is 1.65. The first-order valence-electron chi connectivity index (χ1n) is 10.3. The van der Waals surface area contributed by atoms with Crippen LogP contribution < -0.4 is 5.56 Å². The molecule has 4 rings (SSSR count). The monoisotopic (exact) mass is 453 g/mol. The summed E-state index contributed by atoms with van der Waals surface area (Å²) in [6.45, 7) is 5.21. The number of rotatable bonds is 8. The number of nitrogens with zero attached hydrogens (tertiary/aromatic N) is 3. The molecular formula is C24H24FN3O3S. The number of ketones is 1. The Bertz CT molecular complexity index is 1340. The number of halogens is 1. The normalized spacial score (nSPS) is 11.4. The van der Waals surface area contributed by atoms with Crippen molar-refractivity contribution < 1.29 is 13.9 Å². The Kier molecular flexibility index (Phi) is 6.34. The lowest BCUT2D eigenvalue weighted by atomic mass is 10.1. The summed E-state index contributed by atoms with van der Waals surface area (Å²) in [6.07, 6.45) is 2.27. The smallest absolute Gasteiger partial charge is 0.263 e. The summed E-state index contributed by atoms with van der Waals surface area (Å²) >= 11 is 1.35. The zero-order valence-electron chi connectivity index (χ0n) is 18.2. The van der Waals surface area contributed by atoms with Gasteiger partial charge in [0.2, 0.25) is 0 Å². The van der Waals surface area contributed by atoms with E-state index in [0.29, 0.717) is 28.0 Å². The van der Waals surface area contributed by atoms with Crippen molar-refractivity contribution in [3.8, 4) is 11.1 Å². The molecule has 0 fully saturated rings. The van der Waals surface area contributed by atoms with Crippen LogP contribution in [0.3, 0.4) is 0 Å². The van der Waals surface area contributed by atoms with E-state index in [1.807, 2.05) is 25.3 Å². The molecule has 0 unspecified atom stereocenters. The quantitative estimate of drug-likeness (QED) is 0.289. The van der Waals surface area contributed by atoms with E-state index in [2.05, 4.69) is 9.55 Å². The minimum atomic E-state index is -0.339. The third-order valence-corrected chi connectivity index (χ3v) is 6.52. The molecule has 0 bridgehead atoms. The number of carbonyl (C=O) groups excluding carboxylic acids is 1. The van der Waals surface area contributed by atoms with Crippen LogP contribution >= 0.6 is 11.3 Å². The van der Waals surface area contributed by atoms with E-state index in [-0.39, 0.29) is 23.7 Å². The summed E-state index contributed by atoms with van der Waals surface area (Å²) in [5, 5.41) is 2.29. The highest BCUT2D eigenvalue weighted by Crippen LogP contribution is 2.30. The molecule has 4 aromatic rings. The number of methoxy groups -OCH3 is 1. The number of aryl methyl sites for hydroxylation is 1. The van der Waals surface area contributed by atoms with Crippen molar-refractivity contribution in [2.45, 2.75) is 33.4 Å². The lowest BCUT2D eigenvalue weighted by Gasteiger charge is -2.10. The number of thiophene rings is 1. The standard InChI is InChI=1S/C24H24FN3O3S/c1-15-11-19(16(2)28(15)9-4-10-31-3)21(29)12-27-14-26-23-22(24(27)30)20(13-32-23)17-5-7-18(25)8-6-17/h5-8,11,13-14H,4,9-10,12H2,1-3H3. The second kappa shape index (κ2) is 9.18. The molecule has 0 aliphatic carbocycles. The molecule has 0 saturated heterocycles. The fourth-order valence-electron chi connectivity index (χ4n) is 3.96. The minimum Gasteiger partial charge on any atom is -0.385 e. The SMILES string of the molecule is COCCCn1c(C)cc(C(=O)Cn2cnc3scc(-c4ccc(F)cc4)c3c2=O)c1C. The second-order valence-corrected chi connectivity index (χ2v) is 8.58. The van der Waals surface area contributed by atoms with Crippen LogP contribution in [0.4, 0.5) is 4.39 Å². The van der Waals surface area contributed by atoms with Gasteiger partial charge in [0.15, 0.2) is 5.78 Å². The van der Waals surface area contributed by atoms with Crippen molar-refractivity contribution in [2.24, 2.45) is 0 Å². The molecule has 32 heavy (non-hydrogen) atoms. The van der Waals surface area contributed by atoms with Gasteiger partial charge >= 0.3 is 0 Å². The maximum absolute atomic E-state index is 13.3. The van der Waals surface area contributed by atoms with E-state index in [9.17, 15) is 14.0 Å². The first-order chi connectivity index (χ1) is 15.4. The average Bonchev–Trinajstić information content (AvgIpc) is 3.33. The molecule has 0 saturated carbocycles. The Morgan fingerprint density at radius 1 is 1.22 bits per heavy atom. The maximum Gasteiger partial charge on any atom is 0.263 e. The molecule has 0 spiro atoms. The molecule has 0 N–H and O–H groups in total. The molecule has 0 radical (unpaired) electrons. The third kappa shape index (κ3) is 4.16. The molecule has 6 nitrogen and oxygen atoms in total. The number of benzene rings is 1. The van der Waals surface area contributed by atoms with Crippen LogP contribution in [0.25, 0.3) is 21.3 Å². The zero-order chi connectivity index (χ0) is 22.8. The summed E-state index contributed by atoms with van der Waals surface area (Å²) < 4.78 is 21.9. The van der Waals surface area contributed by atoms with E-state index in [1.54, 1.807) is 19.2 Å². The number of ether oxygens (including phenoxy) is 1. The van der Waals surface area contributed by atoms with Gasteiger partial charge in [-0.2, -0.15) is 0 Å². The minimum absolute atomic E-state index is 0.0944. The largest absolute Gasteiger partial charge is 0.385 e. The van der Waals surface area contributed by atoms with Crippen LogP contribution in [0.1, 0.15) is 28.2 Å². The van der Waals surface area contributed by atoms with Gasteiger partial charge in [0.05, 0.1) is 18.3 Å². The van der Waals surface area contributed by atoms with Crippen molar-refractivity contribution in [1.29, 1.82) is 0 Å². The number of carbonyl (C=O) groups is 1. The molecule has 0 atom stereocenters. The number of Topliss-reactive ketones (excluding diaryl/α,β-unsaturated/α-hetero) is 1. The Hall–Kier alpha value is -3.10. The number of aromatic nitrogens is 3. The van der Waals surface area contributed by atoms with E-state index in [4.69, 9.17) is 4.74 Å². The fourth-order valence-corrected chi connectivity index (χ4v) is 4.86. The first kappa shape index (κ1) is 22.1. The Morgan fingerprint density at radius 3 is 2.69 bits per heavy atom. The highest BCUT2D eigenvalue weighted by molar-refractivity contribution is 7.17. The highest BCUT2D eigenvalue weighted by Gasteiger charge is 2.19. The highest BCUT2D eigenvalue weighted by atomic mass is 32.1. The van der Waals surface area contributed by atoms with Gasteiger partial charge in [0.1, 0.15) is 10.6 Å². The lowest BCUT2D eigenvalue weighted by molar-refractivity contribution is 0.0970. The summed E-state index contributed by atoms with van der Waals surface area (Å²) in [4.78, 5) is 31.3. The topological polar surface area (TPSA) is 66.1 Å². The first-order valence-corrected chi connectivity index (χ1v) is 11.2. The molecular weight excluding hydrogens is 429 g/mol. The van der Waals surface area contributed by atoms with Gasteiger partial charge in [-0.1, -0.05) is 12.1 Å². The van der Waals surface area contributed by atoms with Gasteiger partial charge in [0.25, 0.3) is 5.56 Å². The lowest BCUT2D eigenvalue weighted by Crippen LogP contribution is -2.24. The van der Waals surface area contributed by atoms with Crippen LogP contribution in [-0.4, -0.2) is 33.6 Å². The summed E-state index contributed by atoms with van der Waals surface area (Å²) in [5.74, 6) is -0.479. The van der Waals surface area contributed by atoms with Crippen LogP contribution in [0.2, 0.25) is 0 Å². The Morgan fingerprint density at radius 2 is 1.97 bits per heavy atom. The third-order valence-electron chi connectivity index (χ3n) is 5.63. The number of hydrogen-bond acceptors (Lipinski definition) is 5. The summed E-state index contributed by atoms with van der Waals surface area (Å²) in [7, 11) is 1.67. The molecule has 3 heterocycles. The molecule has 0 amide bonds. The molecule has 8 heteroatoms. The molecule has 166 valence electrons.